The van der Waals surface area contributed by atoms with Gasteiger partial charge in [0.2, 0.25) is 11.8 Å². The fraction of sp³-hybridized carbons (Fsp3) is 0.429. The van der Waals surface area contributed by atoms with Gasteiger partial charge in [-0.25, -0.2) is 4.98 Å². The van der Waals surface area contributed by atoms with Crippen LogP contribution in [0.5, 0.6) is 11.6 Å². The molecule has 1 heterocycles. The molecule has 0 bridgehead atoms. The van der Waals surface area contributed by atoms with Gasteiger partial charge < -0.3 is 20.5 Å². The van der Waals surface area contributed by atoms with Crippen LogP contribution in [0.15, 0.2) is 42.6 Å². The SMILES string of the molecule is CCOC1CC(N)(C(=O)Nc2ccc(Oc3ccc(C)cc3)nc2)C1(C)C. The van der Waals surface area contributed by atoms with E-state index in [1.54, 1.807) is 18.3 Å². The van der Waals surface area contributed by atoms with Crippen molar-refractivity contribution in [2.24, 2.45) is 11.1 Å². The van der Waals surface area contributed by atoms with Gasteiger partial charge >= 0.3 is 0 Å². The van der Waals surface area contributed by atoms with Crippen molar-refractivity contribution in [3.05, 3.63) is 48.2 Å². The first-order chi connectivity index (χ1) is 12.8. The largest absolute Gasteiger partial charge is 0.439 e. The Morgan fingerprint density at radius 3 is 2.52 bits per heavy atom. The summed E-state index contributed by atoms with van der Waals surface area (Å²) in [6, 6.07) is 11.2. The number of pyridine rings is 1. The molecule has 0 saturated heterocycles. The van der Waals surface area contributed by atoms with Gasteiger partial charge in [0.05, 0.1) is 18.0 Å². The van der Waals surface area contributed by atoms with Crippen molar-refractivity contribution in [1.82, 2.24) is 4.98 Å². The molecule has 144 valence electrons. The summed E-state index contributed by atoms with van der Waals surface area (Å²) in [7, 11) is 0. The zero-order valence-corrected chi connectivity index (χ0v) is 16.3. The summed E-state index contributed by atoms with van der Waals surface area (Å²) in [5.74, 6) is 0.945. The predicted octanol–water partition coefficient (Wildman–Crippen LogP) is 3.65. The van der Waals surface area contributed by atoms with Gasteiger partial charge in [0, 0.05) is 24.5 Å². The number of hydrogen-bond acceptors (Lipinski definition) is 5. The molecule has 6 heteroatoms. The molecule has 0 radical (unpaired) electrons. The van der Waals surface area contributed by atoms with E-state index in [4.69, 9.17) is 15.2 Å². The Hall–Kier alpha value is -2.44. The molecular formula is C21H27N3O3. The molecule has 3 rings (SSSR count). The Morgan fingerprint density at radius 1 is 1.26 bits per heavy atom. The molecule has 2 aromatic rings. The standard InChI is InChI=1S/C21H27N3O3/c1-5-26-17-12-21(22,20(17,3)4)19(25)24-15-8-11-18(23-13-15)27-16-9-6-14(2)7-10-16/h6-11,13,17H,5,12,22H2,1-4H3,(H,24,25). The number of rotatable bonds is 6. The number of ether oxygens (including phenoxy) is 2. The molecule has 0 spiro atoms. The van der Waals surface area contributed by atoms with Crippen LogP contribution in [0.3, 0.4) is 0 Å². The van der Waals surface area contributed by atoms with Crippen LogP contribution < -0.4 is 15.8 Å². The van der Waals surface area contributed by atoms with E-state index in [0.29, 0.717) is 30.3 Å². The number of carbonyl (C=O) groups is 1. The topological polar surface area (TPSA) is 86.5 Å². The molecule has 2 atom stereocenters. The van der Waals surface area contributed by atoms with Gasteiger partial charge in [-0.2, -0.15) is 0 Å². The molecule has 3 N–H and O–H groups in total. The van der Waals surface area contributed by atoms with Crippen LogP contribution in [-0.4, -0.2) is 29.1 Å². The number of nitrogens with zero attached hydrogens (tertiary/aromatic N) is 1. The van der Waals surface area contributed by atoms with Crippen LogP contribution in [0.2, 0.25) is 0 Å². The Bertz CT molecular complexity index is 802. The lowest BCUT2D eigenvalue weighted by molar-refractivity contribution is -0.166. The van der Waals surface area contributed by atoms with Crippen molar-refractivity contribution in [1.29, 1.82) is 0 Å². The minimum absolute atomic E-state index is 0.0124. The first-order valence-electron chi connectivity index (χ1n) is 9.19. The molecule has 1 fully saturated rings. The van der Waals surface area contributed by atoms with E-state index in [1.165, 1.54) is 0 Å². The summed E-state index contributed by atoms with van der Waals surface area (Å²) in [5, 5.41) is 2.86. The number of benzene rings is 1. The molecule has 1 saturated carbocycles. The number of aromatic nitrogens is 1. The maximum atomic E-state index is 12.7. The molecule has 0 aliphatic heterocycles. The van der Waals surface area contributed by atoms with Gasteiger partial charge in [0.25, 0.3) is 0 Å². The van der Waals surface area contributed by atoms with Crippen molar-refractivity contribution in [2.75, 3.05) is 11.9 Å². The van der Waals surface area contributed by atoms with Gasteiger partial charge in [-0.1, -0.05) is 31.5 Å². The molecular weight excluding hydrogens is 342 g/mol. The number of amides is 1. The van der Waals surface area contributed by atoms with Crippen LogP contribution in [0.25, 0.3) is 0 Å². The predicted molar refractivity (Wildman–Crippen MR) is 105 cm³/mol. The van der Waals surface area contributed by atoms with E-state index in [-0.39, 0.29) is 12.0 Å². The second-order valence-corrected chi connectivity index (χ2v) is 7.60. The zero-order valence-electron chi connectivity index (χ0n) is 16.3. The van der Waals surface area contributed by atoms with E-state index >= 15 is 0 Å². The second-order valence-electron chi connectivity index (χ2n) is 7.60. The summed E-state index contributed by atoms with van der Waals surface area (Å²) < 4.78 is 11.4. The van der Waals surface area contributed by atoms with Crippen LogP contribution in [-0.2, 0) is 9.53 Å². The van der Waals surface area contributed by atoms with E-state index in [1.807, 2.05) is 52.0 Å². The fourth-order valence-electron chi connectivity index (χ4n) is 3.30. The van der Waals surface area contributed by atoms with Crippen molar-refractivity contribution in [3.63, 3.8) is 0 Å². The Morgan fingerprint density at radius 2 is 1.96 bits per heavy atom. The molecule has 1 aromatic heterocycles. The first-order valence-corrected chi connectivity index (χ1v) is 9.19. The lowest BCUT2D eigenvalue weighted by Gasteiger charge is -2.57. The van der Waals surface area contributed by atoms with Gasteiger partial charge in [-0.3, -0.25) is 4.79 Å². The minimum Gasteiger partial charge on any atom is -0.439 e. The zero-order chi connectivity index (χ0) is 19.7. The second kappa shape index (κ2) is 7.29. The lowest BCUT2D eigenvalue weighted by atomic mass is 9.54. The summed E-state index contributed by atoms with van der Waals surface area (Å²) in [6.45, 7) is 8.50. The summed E-state index contributed by atoms with van der Waals surface area (Å²) in [6.07, 6.45) is 2.06. The van der Waals surface area contributed by atoms with E-state index in [9.17, 15) is 4.79 Å². The van der Waals surface area contributed by atoms with Crippen molar-refractivity contribution in [3.8, 4) is 11.6 Å². The number of carbonyl (C=O) groups excluding carboxylic acids is 1. The van der Waals surface area contributed by atoms with Gasteiger partial charge in [-0.15, -0.1) is 0 Å². The van der Waals surface area contributed by atoms with E-state index in [2.05, 4.69) is 10.3 Å². The molecule has 27 heavy (non-hydrogen) atoms. The summed E-state index contributed by atoms with van der Waals surface area (Å²) >= 11 is 0. The number of hydrogen-bond donors (Lipinski definition) is 2. The number of nitrogens with one attached hydrogen (secondary N) is 1. The van der Waals surface area contributed by atoms with Gasteiger partial charge in [-0.05, 0) is 32.0 Å². The Labute approximate surface area is 160 Å². The van der Waals surface area contributed by atoms with E-state index in [0.717, 1.165) is 5.56 Å². The van der Waals surface area contributed by atoms with Gasteiger partial charge in [0.15, 0.2) is 0 Å². The molecule has 1 aliphatic rings. The van der Waals surface area contributed by atoms with Crippen LogP contribution in [0.1, 0.15) is 32.8 Å². The van der Waals surface area contributed by atoms with Crippen LogP contribution in [0.4, 0.5) is 5.69 Å². The molecule has 6 nitrogen and oxygen atoms in total. The third-order valence-electron chi connectivity index (χ3n) is 5.47. The normalized spacial score (nSPS) is 23.4. The number of nitrogens with two attached hydrogens (primary N) is 1. The number of anilines is 1. The highest BCUT2D eigenvalue weighted by Crippen LogP contribution is 2.50. The Balaban J connectivity index is 1.63. The van der Waals surface area contributed by atoms with E-state index < -0.39 is 11.0 Å². The quantitative estimate of drug-likeness (QED) is 0.812. The Kier molecular flexibility index (Phi) is 5.22. The van der Waals surface area contributed by atoms with Gasteiger partial charge in [0.1, 0.15) is 11.3 Å². The lowest BCUT2D eigenvalue weighted by Crippen LogP contribution is -2.74. The third kappa shape index (κ3) is 3.68. The average Bonchev–Trinajstić information content (AvgIpc) is 2.64. The maximum Gasteiger partial charge on any atom is 0.245 e. The maximum absolute atomic E-state index is 12.7. The monoisotopic (exact) mass is 369 g/mol. The summed E-state index contributed by atoms with van der Waals surface area (Å²) in [5.41, 5.74) is 6.74. The highest BCUT2D eigenvalue weighted by molar-refractivity contribution is 5.99. The minimum atomic E-state index is -0.968. The molecule has 1 aliphatic carbocycles. The molecule has 2 unspecified atom stereocenters. The average molecular weight is 369 g/mol. The third-order valence-corrected chi connectivity index (χ3v) is 5.47. The fourth-order valence-corrected chi connectivity index (χ4v) is 3.30. The highest BCUT2D eigenvalue weighted by atomic mass is 16.5. The van der Waals surface area contributed by atoms with Crippen molar-refractivity contribution in [2.45, 2.75) is 45.8 Å². The molecule has 1 aromatic carbocycles. The summed E-state index contributed by atoms with van der Waals surface area (Å²) in [4.78, 5) is 17.0. The number of aryl methyl sites for hydroxylation is 1. The van der Waals surface area contributed by atoms with Crippen molar-refractivity contribution >= 4 is 11.6 Å². The van der Waals surface area contributed by atoms with Crippen LogP contribution >= 0.6 is 0 Å². The molecule has 1 amide bonds. The van der Waals surface area contributed by atoms with Crippen LogP contribution in [0, 0.1) is 12.3 Å². The first kappa shape index (κ1) is 19.3. The smallest absolute Gasteiger partial charge is 0.245 e. The highest BCUT2D eigenvalue weighted by Gasteiger charge is 2.62. The van der Waals surface area contributed by atoms with Crippen molar-refractivity contribution < 1.29 is 14.3 Å².